The van der Waals surface area contributed by atoms with Crippen molar-refractivity contribution in [3.63, 3.8) is 0 Å². The molecular weight excluding hydrogens is 305 g/mol. The quantitative estimate of drug-likeness (QED) is 0.870. The lowest BCUT2D eigenvalue weighted by Crippen LogP contribution is -1.98. The van der Waals surface area contributed by atoms with Gasteiger partial charge in [0.15, 0.2) is 0 Å². The minimum Gasteiger partial charge on any atom is -0.259 e. The van der Waals surface area contributed by atoms with E-state index in [1.54, 1.807) is 6.20 Å². The van der Waals surface area contributed by atoms with Gasteiger partial charge in [0.25, 0.3) is 0 Å². The van der Waals surface area contributed by atoms with Crippen molar-refractivity contribution in [3.05, 3.63) is 58.6 Å². The van der Waals surface area contributed by atoms with Gasteiger partial charge in [0.2, 0.25) is 0 Å². The number of pyridine rings is 1. The van der Waals surface area contributed by atoms with Gasteiger partial charge >= 0.3 is 0 Å². The monoisotopic (exact) mass is 313 g/mol. The Kier molecular flexibility index (Phi) is 4.02. The molecule has 0 radical (unpaired) electrons. The fourth-order valence-electron chi connectivity index (χ4n) is 1.30. The number of hydrogen-bond acceptors (Lipinski definition) is 2. The standard InChI is InChI=1S/C12H9BrFNOS/c13-9-1-4-11(15-7-9)8-17(16)12-5-2-10(14)3-6-12/h1-7H,8H2. The van der Waals surface area contributed by atoms with Crippen LogP contribution in [0, 0.1) is 5.82 Å². The number of rotatable bonds is 3. The van der Waals surface area contributed by atoms with E-state index >= 15 is 0 Å². The average molecular weight is 314 g/mol. The lowest BCUT2D eigenvalue weighted by atomic mass is 10.3. The van der Waals surface area contributed by atoms with Gasteiger partial charge in [-0.1, -0.05) is 0 Å². The molecule has 0 spiro atoms. The van der Waals surface area contributed by atoms with Gasteiger partial charge in [-0.15, -0.1) is 0 Å². The first-order valence-corrected chi connectivity index (χ1v) is 7.01. The highest BCUT2D eigenvalue weighted by Crippen LogP contribution is 2.13. The second-order valence-electron chi connectivity index (χ2n) is 3.41. The highest BCUT2D eigenvalue weighted by molar-refractivity contribution is 9.10. The first kappa shape index (κ1) is 12.4. The van der Waals surface area contributed by atoms with Gasteiger partial charge in [0, 0.05) is 15.6 Å². The summed E-state index contributed by atoms with van der Waals surface area (Å²) in [5.74, 6) is 0.00588. The van der Waals surface area contributed by atoms with Gasteiger partial charge in [0.1, 0.15) is 5.82 Å². The molecule has 17 heavy (non-hydrogen) atoms. The lowest BCUT2D eigenvalue weighted by Gasteiger charge is -2.02. The summed E-state index contributed by atoms with van der Waals surface area (Å²) in [5.41, 5.74) is 0.746. The molecule has 1 heterocycles. The molecule has 0 fully saturated rings. The van der Waals surface area contributed by atoms with Gasteiger partial charge in [-0.2, -0.15) is 0 Å². The third-order valence-electron chi connectivity index (χ3n) is 2.14. The summed E-state index contributed by atoms with van der Waals surface area (Å²) in [7, 11) is -1.19. The van der Waals surface area contributed by atoms with E-state index in [4.69, 9.17) is 0 Å². The SMILES string of the molecule is O=S(Cc1ccc(Br)cn1)c1ccc(F)cc1. The van der Waals surface area contributed by atoms with Gasteiger partial charge in [-0.3, -0.25) is 9.19 Å². The molecule has 0 aliphatic heterocycles. The summed E-state index contributed by atoms with van der Waals surface area (Å²) >= 11 is 3.28. The summed E-state index contributed by atoms with van der Waals surface area (Å²) in [6.07, 6.45) is 1.66. The van der Waals surface area contributed by atoms with Crippen molar-refractivity contribution in [3.8, 4) is 0 Å². The normalized spacial score (nSPS) is 12.4. The minimum absolute atomic E-state index is 0.326. The predicted octanol–water partition coefficient (Wildman–Crippen LogP) is 3.29. The smallest absolute Gasteiger partial charge is 0.123 e. The van der Waals surface area contributed by atoms with Crippen LogP contribution in [-0.4, -0.2) is 9.19 Å². The zero-order valence-electron chi connectivity index (χ0n) is 8.77. The third kappa shape index (κ3) is 3.44. The second kappa shape index (κ2) is 5.51. The molecule has 1 aromatic heterocycles. The van der Waals surface area contributed by atoms with E-state index in [0.717, 1.165) is 10.2 Å². The maximum absolute atomic E-state index is 12.7. The molecule has 0 aliphatic carbocycles. The van der Waals surface area contributed by atoms with Crippen LogP contribution in [0.4, 0.5) is 4.39 Å². The van der Waals surface area contributed by atoms with Crippen LogP contribution < -0.4 is 0 Å². The Hall–Kier alpha value is -1.07. The highest BCUT2D eigenvalue weighted by Gasteiger charge is 2.06. The lowest BCUT2D eigenvalue weighted by molar-refractivity contribution is 0.626. The Balaban J connectivity index is 2.11. The van der Waals surface area contributed by atoms with Crippen molar-refractivity contribution < 1.29 is 8.60 Å². The van der Waals surface area contributed by atoms with Crippen LogP contribution in [-0.2, 0) is 16.6 Å². The van der Waals surface area contributed by atoms with Crippen LogP contribution in [0.15, 0.2) is 52.0 Å². The number of hydrogen-bond donors (Lipinski definition) is 0. The molecule has 5 heteroatoms. The molecule has 0 aliphatic rings. The molecule has 1 unspecified atom stereocenters. The van der Waals surface area contributed by atoms with E-state index in [0.29, 0.717) is 10.6 Å². The Bertz CT molecular complexity index is 527. The Morgan fingerprint density at radius 1 is 1.18 bits per heavy atom. The first-order chi connectivity index (χ1) is 8.15. The number of halogens is 2. The molecule has 2 nitrogen and oxygen atoms in total. The Morgan fingerprint density at radius 3 is 2.47 bits per heavy atom. The molecule has 2 rings (SSSR count). The van der Waals surface area contributed by atoms with Crippen LogP contribution in [0.3, 0.4) is 0 Å². The van der Waals surface area contributed by atoms with Gasteiger partial charge in [-0.25, -0.2) is 4.39 Å². The van der Waals surface area contributed by atoms with Crippen molar-refractivity contribution in [1.82, 2.24) is 4.98 Å². The van der Waals surface area contributed by atoms with E-state index in [1.165, 1.54) is 24.3 Å². The molecule has 0 amide bonds. The van der Waals surface area contributed by atoms with Gasteiger partial charge < -0.3 is 0 Å². The number of nitrogens with zero attached hydrogens (tertiary/aromatic N) is 1. The van der Waals surface area contributed by atoms with E-state index in [-0.39, 0.29) is 5.82 Å². The Labute approximate surface area is 109 Å². The number of aromatic nitrogens is 1. The summed E-state index contributed by atoms with van der Waals surface area (Å²) in [6.45, 7) is 0. The van der Waals surface area contributed by atoms with E-state index in [9.17, 15) is 8.60 Å². The van der Waals surface area contributed by atoms with Crippen LogP contribution in [0.2, 0.25) is 0 Å². The van der Waals surface area contributed by atoms with E-state index in [2.05, 4.69) is 20.9 Å². The van der Waals surface area contributed by atoms with Gasteiger partial charge in [0.05, 0.1) is 22.2 Å². The fraction of sp³-hybridized carbons (Fsp3) is 0.0833. The second-order valence-corrected chi connectivity index (χ2v) is 5.78. The number of benzene rings is 1. The minimum atomic E-state index is -1.19. The molecule has 0 N–H and O–H groups in total. The van der Waals surface area contributed by atoms with Crippen molar-refractivity contribution in [2.24, 2.45) is 0 Å². The third-order valence-corrected chi connectivity index (χ3v) is 3.97. The zero-order valence-corrected chi connectivity index (χ0v) is 11.2. The molecule has 0 bridgehead atoms. The summed E-state index contributed by atoms with van der Waals surface area (Å²) < 4.78 is 25.5. The largest absolute Gasteiger partial charge is 0.259 e. The van der Waals surface area contributed by atoms with Crippen molar-refractivity contribution in [1.29, 1.82) is 0 Å². The Morgan fingerprint density at radius 2 is 1.88 bits per heavy atom. The zero-order chi connectivity index (χ0) is 12.3. The topological polar surface area (TPSA) is 30.0 Å². The summed E-state index contributed by atoms with van der Waals surface area (Å²) in [6, 6.07) is 9.34. The van der Waals surface area contributed by atoms with Crippen LogP contribution in [0.1, 0.15) is 5.69 Å². The maximum Gasteiger partial charge on any atom is 0.123 e. The molecule has 1 aromatic carbocycles. The van der Waals surface area contributed by atoms with E-state index < -0.39 is 10.8 Å². The predicted molar refractivity (Wildman–Crippen MR) is 68.4 cm³/mol. The molecular formula is C12H9BrFNOS. The fourth-order valence-corrected chi connectivity index (χ4v) is 2.58. The van der Waals surface area contributed by atoms with Crippen molar-refractivity contribution in [2.75, 3.05) is 0 Å². The van der Waals surface area contributed by atoms with Crippen LogP contribution in [0.5, 0.6) is 0 Å². The first-order valence-electron chi connectivity index (χ1n) is 4.89. The van der Waals surface area contributed by atoms with Crippen molar-refractivity contribution in [2.45, 2.75) is 10.6 Å². The molecule has 2 aromatic rings. The van der Waals surface area contributed by atoms with Crippen LogP contribution in [0.25, 0.3) is 0 Å². The summed E-state index contributed by atoms with van der Waals surface area (Å²) in [5, 5.41) is 0. The highest BCUT2D eigenvalue weighted by atomic mass is 79.9. The molecule has 0 saturated carbocycles. The molecule has 1 atom stereocenters. The summed E-state index contributed by atoms with van der Waals surface area (Å²) in [4.78, 5) is 4.75. The van der Waals surface area contributed by atoms with Crippen LogP contribution >= 0.6 is 15.9 Å². The van der Waals surface area contributed by atoms with E-state index in [1.807, 2.05) is 12.1 Å². The average Bonchev–Trinajstić information content (AvgIpc) is 2.33. The van der Waals surface area contributed by atoms with Crippen molar-refractivity contribution >= 4 is 26.7 Å². The molecule has 0 saturated heterocycles. The van der Waals surface area contributed by atoms with Gasteiger partial charge in [-0.05, 0) is 52.3 Å². The molecule has 88 valence electrons. The maximum atomic E-state index is 12.7.